The molecule has 2 amide bonds. The fourth-order valence-electron chi connectivity index (χ4n) is 3.40. The van der Waals surface area contributed by atoms with Crippen LogP contribution in [0.5, 0.6) is 5.75 Å². The van der Waals surface area contributed by atoms with Crippen LogP contribution in [0.1, 0.15) is 27.0 Å². The summed E-state index contributed by atoms with van der Waals surface area (Å²) in [6.07, 6.45) is 0. The van der Waals surface area contributed by atoms with Crippen LogP contribution in [-0.2, 0) is 17.9 Å². The Morgan fingerprint density at radius 1 is 1.07 bits per heavy atom. The van der Waals surface area contributed by atoms with E-state index < -0.39 is 0 Å². The van der Waals surface area contributed by atoms with Crippen molar-refractivity contribution in [3.05, 3.63) is 94.8 Å². The molecule has 0 radical (unpaired) electrons. The number of hydrogen-bond acceptors (Lipinski definition) is 3. The van der Waals surface area contributed by atoms with E-state index in [2.05, 4.69) is 5.32 Å². The van der Waals surface area contributed by atoms with Gasteiger partial charge in [0.2, 0.25) is 0 Å². The first-order valence-corrected chi connectivity index (χ1v) is 9.65. The fraction of sp³-hybridized carbons (Fsp3) is 0.167. The third kappa shape index (κ3) is 4.33. The van der Waals surface area contributed by atoms with Gasteiger partial charge >= 0.3 is 0 Å². The van der Waals surface area contributed by atoms with Crippen LogP contribution in [0.25, 0.3) is 0 Å². The van der Waals surface area contributed by atoms with Crippen molar-refractivity contribution in [2.45, 2.75) is 20.0 Å². The van der Waals surface area contributed by atoms with Crippen molar-refractivity contribution in [1.82, 2.24) is 5.32 Å². The van der Waals surface area contributed by atoms with E-state index >= 15 is 0 Å². The standard InChI is InChI=1S/C24H21FN2O3/c1-16-3-2-4-18(11-16)13-26-24(29)19-7-10-22-21(12-19)27(23(28)15-30-22)14-17-5-8-20(25)9-6-17/h2-12H,13-15H2,1H3,(H,26,29). The number of carbonyl (C=O) groups is 2. The summed E-state index contributed by atoms with van der Waals surface area (Å²) in [4.78, 5) is 26.7. The van der Waals surface area contributed by atoms with Gasteiger partial charge in [-0.25, -0.2) is 4.39 Å². The van der Waals surface area contributed by atoms with E-state index in [0.29, 0.717) is 23.5 Å². The molecule has 0 spiro atoms. The fourth-order valence-corrected chi connectivity index (χ4v) is 3.40. The summed E-state index contributed by atoms with van der Waals surface area (Å²) in [5.74, 6) is -0.254. The van der Waals surface area contributed by atoms with Gasteiger partial charge in [0.1, 0.15) is 11.6 Å². The summed E-state index contributed by atoms with van der Waals surface area (Å²) in [6, 6.07) is 18.9. The van der Waals surface area contributed by atoms with Crippen molar-refractivity contribution in [3.8, 4) is 5.75 Å². The zero-order valence-corrected chi connectivity index (χ0v) is 16.5. The molecule has 3 aromatic carbocycles. The number of nitrogens with zero attached hydrogens (tertiary/aromatic N) is 1. The summed E-state index contributed by atoms with van der Waals surface area (Å²) in [5.41, 5.74) is 3.88. The molecular weight excluding hydrogens is 383 g/mol. The van der Waals surface area contributed by atoms with E-state index in [1.54, 1.807) is 35.2 Å². The summed E-state index contributed by atoms with van der Waals surface area (Å²) < 4.78 is 18.7. The molecule has 0 saturated carbocycles. The van der Waals surface area contributed by atoms with Gasteiger partial charge in [-0.1, -0.05) is 42.0 Å². The Balaban J connectivity index is 1.54. The van der Waals surface area contributed by atoms with Gasteiger partial charge in [-0.3, -0.25) is 9.59 Å². The number of ether oxygens (including phenoxy) is 1. The SMILES string of the molecule is Cc1cccc(CNC(=O)c2ccc3c(c2)N(Cc2ccc(F)cc2)C(=O)CO3)c1. The minimum Gasteiger partial charge on any atom is -0.482 e. The van der Waals surface area contributed by atoms with Crippen LogP contribution in [0, 0.1) is 12.7 Å². The molecule has 30 heavy (non-hydrogen) atoms. The van der Waals surface area contributed by atoms with Gasteiger partial charge in [-0.15, -0.1) is 0 Å². The molecule has 5 nitrogen and oxygen atoms in total. The summed E-state index contributed by atoms with van der Waals surface area (Å²) >= 11 is 0. The van der Waals surface area contributed by atoms with Gasteiger partial charge in [0.25, 0.3) is 11.8 Å². The largest absolute Gasteiger partial charge is 0.482 e. The molecule has 0 aromatic heterocycles. The number of hydrogen-bond donors (Lipinski definition) is 1. The minimum atomic E-state index is -0.333. The summed E-state index contributed by atoms with van der Waals surface area (Å²) in [6.45, 7) is 2.60. The van der Waals surface area contributed by atoms with Crippen LogP contribution in [0.3, 0.4) is 0 Å². The Morgan fingerprint density at radius 3 is 2.63 bits per heavy atom. The van der Waals surface area contributed by atoms with E-state index in [4.69, 9.17) is 4.74 Å². The number of anilines is 1. The van der Waals surface area contributed by atoms with Gasteiger partial charge in [0.15, 0.2) is 6.61 Å². The first kappa shape index (κ1) is 19.6. The van der Waals surface area contributed by atoms with Crippen molar-refractivity contribution in [1.29, 1.82) is 0 Å². The van der Waals surface area contributed by atoms with Crippen LogP contribution >= 0.6 is 0 Å². The Bertz CT molecular complexity index is 1100. The zero-order chi connectivity index (χ0) is 21.1. The molecule has 0 unspecified atom stereocenters. The van der Waals surface area contributed by atoms with Crippen molar-refractivity contribution in [2.75, 3.05) is 11.5 Å². The van der Waals surface area contributed by atoms with E-state index in [9.17, 15) is 14.0 Å². The third-order valence-corrected chi connectivity index (χ3v) is 4.95. The van der Waals surface area contributed by atoms with E-state index in [0.717, 1.165) is 16.7 Å². The molecular formula is C24H21FN2O3. The lowest BCUT2D eigenvalue weighted by molar-refractivity contribution is -0.121. The van der Waals surface area contributed by atoms with Gasteiger partial charge in [-0.2, -0.15) is 0 Å². The van der Waals surface area contributed by atoms with Gasteiger partial charge in [0.05, 0.1) is 12.2 Å². The number of halogens is 1. The van der Waals surface area contributed by atoms with Gasteiger partial charge in [0, 0.05) is 12.1 Å². The topological polar surface area (TPSA) is 58.6 Å². The molecule has 1 N–H and O–H groups in total. The van der Waals surface area contributed by atoms with Crippen LogP contribution < -0.4 is 15.0 Å². The molecule has 4 rings (SSSR count). The molecule has 0 bridgehead atoms. The maximum atomic E-state index is 13.2. The highest BCUT2D eigenvalue weighted by atomic mass is 19.1. The quantitative estimate of drug-likeness (QED) is 0.700. The first-order chi connectivity index (χ1) is 14.5. The molecule has 0 saturated heterocycles. The van der Waals surface area contributed by atoms with Crippen LogP contribution in [-0.4, -0.2) is 18.4 Å². The van der Waals surface area contributed by atoms with Gasteiger partial charge < -0.3 is 15.0 Å². The lowest BCUT2D eigenvalue weighted by Crippen LogP contribution is -2.38. The van der Waals surface area contributed by atoms with E-state index in [-0.39, 0.29) is 30.8 Å². The first-order valence-electron chi connectivity index (χ1n) is 9.65. The molecule has 1 heterocycles. The summed E-state index contributed by atoms with van der Waals surface area (Å²) in [5, 5.41) is 2.91. The third-order valence-electron chi connectivity index (χ3n) is 4.95. The molecule has 0 aliphatic carbocycles. The van der Waals surface area contributed by atoms with E-state index in [1.807, 2.05) is 31.2 Å². The Morgan fingerprint density at radius 2 is 1.87 bits per heavy atom. The number of aryl methyl sites for hydroxylation is 1. The minimum absolute atomic E-state index is 0.0763. The lowest BCUT2D eigenvalue weighted by atomic mass is 10.1. The highest BCUT2D eigenvalue weighted by Gasteiger charge is 2.26. The number of rotatable bonds is 5. The molecule has 0 fully saturated rings. The van der Waals surface area contributed by atoms with Crippen LogP contribution in [0.2, 0.25) is 0 Å². The average Bonchev–Trinajstić information content (AvgIpc) is 2.75. The Labute approximate surface area is 174 Å². The number of fused-ring (bicyclic) bond motifs is 1. The number of nitrogens with one attached hydrogen (secondary N) is 1. The molecule has 3 aromatic rings. The lowest BCUT2D eigenvalue weighted by Gasteiger charge is -2.30. The second kappa shape index (κ2) is 8.37. The second-order valence-corrected chi connectivity index (χ2v) is 7.25. The number of carbonyl (C=O) groups excluding carboxylic acids is 2. The Kier molecular flexibility index (Phi) is 5.48. The molecule has 0 atom stereocenters. The molecule has 6 heteroatoms. The normalized spacial score (nSPS) is 12.9. The summed E-state index contributed by atoms with van der Waals surface area (Å²) in [7, 11) is 0. The molecule has 1 aliphatic heterocycles. The highest BCUT2D eigenvalue weighted by Crippen LogP contribution is 2.34. The maximum absolute atomic E-state index is 13.2. The van der Waals surface area contributed by atoms with Crippen LogP contribution in [0.15, 0.2) is 66.7 Å². The smallest absolute Gasteiger partial charge is 0.265 e. The predicted molar refractivity (Wildman–Crippen MR) is 112 cm³/mol. The van der Waals surface area contributed by atoms with Gasteiger partial charge in [-0.05, 0) is 48.4 Å². The number of amides is 2. The molecule has 1 aliphatic rings. The van der Waals surface area contributed by atoms with Crippen LogP contribution in [0.4, 0.5) is 10.1 Å². The van der Waals surface area contributed by atoms with Crippen molar-refractivity contribution < 1.29 is 18.7 Å². The zero-order valence-electron chi connectivity index (χ0n) is 16.5. The Hall–Kier alpha value is -3.67. The average molecular weight is 404 g/mol. The van der Waals surface area contributed by atoms with Crippen molar-refractivity contribution in [2.24, 2.45) is 0 Å². The maximum Gasteiger partial charge on any atom is 0.265 e. The van der Waals surface area contributed by atoms with Crippen molar-refractivity contribution >= 4 is 17.5 Å². The predicted octanol–water partition coefficient (Wildman–Crippen LogP) is 3.99. The highest BCUT2D eigenvalue weighted by molar-refractivity contribution is 6.01. The van der Waals surface area contributed by atoms with Crippen molar-refractivity contribution in [3.63, 3.8) is 0 Å². The second-order valence-electron chi connectivity index (χ2n) is 7.25. The monoisotopic (exact) mass is 404 g/mol. The van der Waals surface area contributed by atoms with E-state index in [1.165, 1.54) is 12.1 Å². The number of benzene rings is 3. The molecule has 152 valence electrons.